The zero-order valence-electron chi connectivity index (χ0n) is 24.0. The summed E-state index contributed by atoms with van der Waals surface area (Å²) in [5.74, 6) is -0.317. The van der Waals surface area contributed by atoms with Crippen LogP contribution in [0.5, 0.6) is 0 Å². The molecule has 0 saturated carbocycles. The second-order valence-electron chi connectivity index (χ2n) is 10.1. The first-order chi connectivity index (χ1) is 18.1. The number of unbranched alkanes of at least 4 members (excludes halogenated alkanes) is 8. The molecule has 0 aromatic heterocycles. The molecule has 1 N–H and O–H groups in total. The van der Waals surface area contributed by atoms with Crippen LogP contribution in [0.15, 0.2) is 37.0 Å². The van der Waals surface area contributed by atoms with Gasteiger partial charge in [-0.15, -0.1) is 6.58 Å². The van der Waals surface area contributed by atoms with Crippen molar-refractivity contribution < 1.29 is 24.2 Å². The lowest BCUT2D eigenvalue weighted by atomic mass is 9.96. The van der Waals surface area contributed by atoms with Gasteiger partial charge in [0.05, 0.1) is 25.7 Å². The highest BCUT2D eigenvalue weighted by Crippen LogP contribution is 2.17. The number of carbonyl (C=O) groups is 2. The second-order valence-corrected chi connectivity index (χ2v) is 10.1. The number of allylic oxidation sites excluding steroid dienone is 5. The van der Waals surface area contributed by atoms with Gasteiger partial charge < -0.3 is 14.6 Å². The van der Waals surface area contributed by atoms with Crippen molar-refractivity contribution in [3.05, 3.63) is 37.0 Å². The Bertz CT molecular complexity index is 610. The van der Waals surface area contributed by atoms with Gasteiger partial charge in [0, 0.05) is 12.8 Å². The number of rotatable bonds is 26. The molecule has 0 rings (SSSR count). The molecule has 0 aliphatic rings. The zero-order valence-corrected chi connectivity index (χ0v) is 24.0. The van der Waals surface area contributed by atoms with Crippen molar-refractivity contribution in [1.82, 2.24) is 0 Å². The molecule has 2 unspecified atom stereocenters. The smallest absolute Gasteiger partial charge is 0.305 e. The summed E-state index contributed by atoms with van der Waals surface area (Å²) in [6, 6.07) is 0. The maximum atomic E-state index is 12.0. The largest absolute Gasteiger partial charge is 0.465 e. The van der Waals surface area contributed by atoms with Gasteiger partial charge in [0.2, 0.25) is 0 Å². The summed E-state index contributed by atoms with van der Waals surface area (Å²) >= 11 is 0. The number of ether oxygens (including phenoxy) is 2. The van der Waals surface area contributed by atoms with Gasteiger partial charge >= 0.3 is 11.9 Å². The predicted molar refractivity (Wildman–Crippen MR) is 154 cm³/mol. The van der Waals surface area contributed by atoms with Crippen LogP contribution in [0.2, 0.25) is 0 Å². The fraction of sp³-hybridized carbons (Fsp3) is 0.750. The first-order valence-corrected chi connectivity index (χ1v) is 14.9. The van der Waals surface area contributed by atoms with Gasteiger partial charge in [-0.05, 0) is 63.7 Å². The molecule has 5 heteroatoms. The summed E-state index contributed by atoms with van der Waals surface area (Å²) in [6.45, 7) is 8.14. The first kappa shape index (κ1) is 35.1. The fourth-order valence-corrected chi connectivity index (χ4v) is 4.06. The standard InChI is InChI=1S/C32H56O5/c1-4-7-8-9-10-11-12-13-14-15-16-17-18-19-20-24-31(34)36-27-30(26-33)28-37-32(35)25-21-23-29(6-3)22-5-2/h5,10-11,13-14,29-30,33H,2,4,6-9,12,15-28H2,1,3H3/b11-10-,14-13-. The first-order valence-electron chi connectivity index (χ1n) is 14.9. The minimum atomic E-state index is -0.373. The molecule has 0 aromatic carbocycles. The third-order valence-corrected chi connectivity index (χ3v) is 6.62. The van der Waals surface area contributed by atoms with Gasteiger partial charge in [0.25, 0.3) is 0 Å². The van der Waals surface area contributed by atoms with Crippen molar-refractivity contribution in [3.8, 4) is 0 Å². The van der Waals surface area contributed by atoms with Crippen LogP contribution in [-0.4, -0.2) is 36.9 Å². The van der Waals surface area contributed by atoms with E-state index in [9.17, 15) is 14.7 Å². The lowest BCUT2D eigenvalue weighted by Gasteiger charge is -2.15. The highest BCUT2D eigenvalue weighted by Gasteiger charge is 2.14. The Hall–Kier alpha value is -1.88. The van der Waals surface area contributed by atoms with Crippen LogP contribution in [0.3, 0.4) is 0 Å². The van der Waals surface area contributed by atoms with Crippen LogP contribution in [0, 0.1) is 11.8 Å². The Balaban J connectivity index is 3.70. The molecular weight excluding hydrogens is 464 g/mol. The molecule has 0 heterocycles. The highest BCUT2D eigenvalue weighted by atomic mass is 16.5. The molecule has 0 amide bonds. The normalized spacial score (nSPS) is 13.2. The molecule has 0 fully saturated rings. The van der Waals surface area contributed by atoms with Gasteiger partial charge in [0.1, 0.15) is 0 Å². The molecule has 0 aliphatic heterocycles. The summed E-state index contributed by atoms with van der Waals surface area (Å²) in [6.07, 6.45) is 28.2. The maximum absolute atomic E-state index is 12.0. The molecule has 0 radical (unpaired) electrons. The predicted octanol–water partition coefficient (Wildman–Crippen LogP) is 8.27. The van der Waals surface area contributed by atoms with Crippen LogP contribution in [-0.2, 0) is 19.1 Å². The molecule has 0 aromatic rings. The number of aliphatic hydroxyl groups excluding tert-OH is 1. The van der Waals surface area contributed by atoms with E-state index < -0.39 is 0 Å². The third kappa shape index (κ3) is 24.2. The Kier molecular flexibility index (Phi) is 25.8. The van der Waals surface area contributed by atoms with E-state index >= 15 is 0 Å². The van der Waals surface area contributed by atoms with Crippen molar-refractivity contribution in [2.75, 3.05) is 19.8 Å². The molecule has 0 aliphatic carbocycles. The number of hydrogen-bond acceptors (Lipinski definition) is 5. The maximum Gasteiger partial charge on any atom is 0.305 e. The van der Waals surface area contributed by atoms with Crippen LogP contribution in [0.1, 0.15) is 123 Å². The molecule has 2 atom stereocenters. The molecule has 0 spiro atoms. The average molecular weight is 521 g/mol. The second kappa shape index (κ2) is 27.2. The van der Waals surface area contributed by atoms with E-state index in [1.54, 1.807) is 0 Å². The Morgan fingerprint density at radius 2 is 1.32 bits per heavy atom. The summed E-state index contributed by atoms with van der Waals surface area (Å²) in [5, 5.41) is 9.51. The van der Waals surface area contributed by atoms with Crippen LogP contribution >= 0.6 is 0 Å². The zero-order chi connectivity index (χ0) is 27.4. The van der Waals surface area contributed by atoms with Crippen molar-refractivity contribution in [2.24, 2.45) is 11.8 Å². The van der Waals surface area contributed by atoms with Crippen LogP contribution in [0.25, 0.3) is 0 Å². The van der Waals surface area contributed by atoms with Crippen LogP contribution < -0.4 is 0 Å². The Morgan fingerprint density at radius 3 is 1.89 bits per heavy atom. The Labute approximate surface area is 227 Å². The highest BCUT2D eigenvalue weighted by molar-refractivity contribution is 5.69. The van der Waals surface area contributed by atoms with Gasteiger partial charge in [0.15, 0.2) is 0 Å². The molecular formula is C32H56O5. The monoisotopic (exact) mass is 520 g/mol. The minimum absolute atomic E-state index is 0.0795. The lowest BCUT2D eigenvalue weighted by Crippen LogP contribution is -2.23. The summed E-state index contributed by atoms with van der Waals surface area (Å²) in [7, 11) is 0. The molecule has 37 heavy (non-hydrogen) atoms. The van der Waals surface area contributed by atoms with Crippen molar-refractivity contribution in [3.63, 3.8) is 0 Å². The van der Waals surface area contributed by atoms with Crippen LogP contribution in [0.4, 0.5) is 0 Å². The number of aliphatic hydroxyl groups is 1. The number of esters is 2. The molecule has 214 valence electrons. The topological polar surface area (TPSA) is 72.8 Å². The summed E-state index contributed by atoms with van der Waals surface area (Å²) in [5.41, 5.74) is 0. The summed E-state index contributed by atoms with van der Waals surface area (Å²) in [4.78, 5) is 23.9. The van der Waals surface area contributed by atoms with Crippen molar-refractivity contribution >= 4 is 11.9 Å². The van der Waals surface area contributed by atoms with Gasteiger partial charge in [-0.1, -0.05) is 82.8 Å². The van der Waals surface area contributed by atoms with E-state index in [0.29, 0.717) is 18.8 Å². The van der Waals surface area contributed by atoms with E-state index in [1.165, 1.54) is 38.5 Å². The van der Waals surface area contributed by atoms with E-state index in [0.717, 1.165) is 57.8 Å². The molecule has 0 saturated heterocycles. The quantitative estimate of drug-likeness (QED) is 0.0706. The van der Waals surface area contributed by atoms with E-state index in [4.69, 9.17) is 9.47 Å². The van der Waals surface area contributed by atoms with Crippen molar-refractivity contribution in [2.45, 2.75) is 123 Å². The van der Waals surface area contributed by atoms with Gasteiger partial charge in [-0.2, -0.15) is 0 Å². The van der Waals surface area contributed by atoms with Gasteiger partial charge in [-0.3, -0.25) is 9.59 Å². The van der Waals surface area contributed by atoms with E-state index in [1.807, 2.05) is 6.08 Å². The number of hydrogen-bond donors (Lipinski definition) is 1. The Morgan fingerprint density at radius 1 is 0.757 bits per heavy atom. The SMILES string of the molecule is C=CCC(CC)CCCC(=O)OCC(CO)COC(=O)CCCCCCC/C=C\C/C=C\CCCCC. The third-order valence-electron chi connectivity index (χ3n) is 6.62. The lowest BCUT2D eigenvalue weighted by molar-refractivity contribution is -0.150. The summed E-state index contributed by atoms with van der Waals surface area (Å²) < 4.78 is 10.6. The molecule has 5 nitrogen and oxygen atoms in total. The number of carbonyl (C=O) groups excluding carboxylic acids is 2. The van der Waals surface area contributed by atoms with Gasteiger partial charge in [-0.25, -0.2) is 0 Å². The van der Waals surface area contributed by atoms with Crippen molar-refractivity contribution in [1.29, 1.82) is 0 Å². The minimum Gasteiger partial charge on any atom is -0.465 e. The average Bonchev–Trinajstić information content (AvgIpc) is 2.90. The fourth-order valence-electron chi connectivity index (χ4n) is 4.06. The molecule has 0 bridgehead atoms. The van der Waals surface area contributed by atoms with E-state index in [2.05, 4.69) is 44.7 Å². The van der Waals surface area contributed by atoms with E-state index in [-0.39, 0.29) is 37.7 Å².